The van der Waals surface area contributed by atoms with E-state index < -0.39 is 83.6 Å². The molecule has 2 aliphatic heterocycles. The van der Waals surface area contributed by atoms with E-state index in [4.69, 9.17) is 34.8 Å². The van der Waals surface area contributed by atoms with E-state index >= 15 is 0 Å². The summed E-state index contributed by atoms with van der Waals surface area (Å²) in [6.45, 7) is 0.361. The van der Waals surface area contributed by atoms with Crippen molar-refractivity contribution in [1.29, 1.82) is 0 Å². The Bertz CT molecular complexity index is 1610. The Kier molecular flexibility index (Phi) is 10.3. The van der Waals surface area contributed by atoms with Gasteiger partial charge < -0.3 is 55.2 Å². The molecule has 3 aromatic heterocycles. The minimum absolute atomic E-state index is 0.0238. The van der Waals surface area contributed by atoms with Crippen LogP contribution in [0.5, 0.6) is 0 Å². The highest BCUT2D eigenvalue weighted by molar-refractivity contribution is 7.46. The number of nitrogens with zero attached hydrogens (tertiary/aromatic N) is 6. The minimum atomic E-state index is -4.75. The Morgan fingerprint density at radius 3 is 1.93 bits per heavy atom. The maximum atomic E-state index is 11.8. The van der Waals surface area contributed by atoms with Crippen LogP contribution in [-0.2, 0) is 27.7 Å². The molecule has 0 amide bonds. The molecular formula is C20H29N7O15P2. The molecule has 24 heteroatoms. The molecule has 22 nitrogen and oxygen atoms in total. The standard InChI is InChI=1S/C10H13N4O7P.C10H16N3O8P/c15-7-6(2-20-22(17,18)19)21-10(8(7)16)14-4-13-5-1-11-3-12-9(5)14;1-4-2-13(10(16)12-8(4)11)9-7(15)6(14)5(21-9)3-20-22(17,18)19/h1,3-4,6-8,10,15-16H,2H2,(H2,17,18,19);2,5-7,9,14-15H,3H2,1H3,(H2,11,12,16)(H2,17,18,19)/t6-,7-,8-,10-;5-,6-,7-,9-/m11/s1. The summed E-state index contributed by atoms with van der Waals surface area (Å²) in [6, 6.07) is 0. The van der Waals surface area contributed by atoms with Gasteiger partial charge in [0.2, 0.25) is 0 Å². The number of aliphatic hydroxyl groups is 4. The first-order valence-electron chi connectivity index (χ1n) is 12.4. The number of aromatic nitrogens is 6. The van der Waals surface area contributed by atoms with Crippen molar-refractivity contribution in [3.05, 3.63) is 41.1 Å². The summed E-state index contributed by atoms with van der Waals surface area (Å²) in [5.74, 6) is 0.0238. The van der Waals surface area contributed by atoms with Crippen molar-refractivity contribution in [3.8, 4) is 0 Å². The van der Waals surface area contributed by atoms with Crippen molar-refractivity contribution >= 4 is 32.6 Å². The monoisotopic (exact) mass is 669 g/mol. The van der Waals surface area contributed by atoms with Crippen LogP contribution >= 0.6 is 15.6 Å². The van der Waals surface area contributed by atoms with Crippen LogP contribution in [0, 0.1) is 6.92 Å². The molecule has 0 radical (unpaired) electrons. The van der Waals surface area contributed by atoms with Crippen molar-refractivity contribution in [2.24, 2.45) is 0 Å². The van der Waals surface area contributed by atoms with Crippen molar-refractivity contribution in [1.82, 2.24) is 29.1 Å². The number of aliphatic hydroxyl groups excluding tert-OH is 4. The quantitative estimate of drug-likeness (QED) is 0.105. The van der Waals surface area contributed by atoms with Gasteiger partial charge in [0.05, 0.1) is 25.7 Å². The Balaban J connectivity index is 0.000000201. The topological polar surface area (TPSA) is 337 Å². The van der Waals surface area contributed by atoms with Crippen LogP contribution in [0.1, 0.15) is 18.0 Å². The summed E-state index contributed by atoms with van der Waals surface area (Å²) >= 11 is 0. The number of aryl methyl sites for hydroxylation is 1. The van der Waals surface area contributed by atoms with E-state index in [0.29, 0.717) is 16.7 Å². The number of nitrogens with two attached hydrogens (primary N) is 1. The maximum Gasteiger partial charge on any atom is 0.469 e. The van der Waals surface area contributed by atoms with Gasteiger partial charge in [-0.25, -0.2) is 28.9 Å². The van der Waals surface area contributed by atoms with Crippen LogP contribution in [0.4, 0.5) is 5.82 Å². The van der Waals surface area contributed by atoms with Gasteiger partial charge in [0.1, 0.15) is 54.3 Å². The van der Waals surface area contributed by atoms with Crippen molar-refractivity contribution in [3.63, 3.8) is 0 Å². The van der Waals surface area contributed by atoms with E-state index in [1.54, 1.807) is 6.92 Å². The predicted octanol–water partition coefficient (Wildman–Crippen LogP) is -3.58. The molecule has 2 saturated heterocycles. The Hall–Kier alpha value is -2.79. The summed E-state index contributed by atoms with van der Waals surface area (Å²) in [5, 5.41) is 39.8. The van der Waals surface area contributed by atoms with Gasteiger partial charge in [0, 0.05) is 11.8 Å². The molecule has 0 saturated carbocycles. The number of phosphoric ester groups is 2. The third-order valence-electron chi connectivity index (χ3n) is 6.45. The molecule has 0 spiro atoms. The number of fused-ring (bicyclic) bond motifs is 1. The Morgan fingerprint density at radius 1 is 0.886 bits per heavy atom. The maximum absolute atomic E-state index is 11.8. The fourth-order valence-electron chi connectivity index (χ4n) is 4.27. The van der Waals surface area contributed by atoms with E-state index in [0.717, 1.165) is 4.57 Å². The molecule has 0 unspecified atom stereocenters. The number of nitrogen functional groups attached to an aromatic ring is 1. The number of phosphoric acid groups is 2. The third-order valence-corrected chi connectivity index (χ3v) is 7.42. The zero-order chi connectivity index (χ0) is 32.6. The number of imidazole rings is 1. The second-order valence-corrected chi connectivity index (χ2v) is 12.0. The van der Waals surface area contributed by atoms with Crippen molar-refractivity contribution in [2.45, 2.75) is 56.0 Å². The van der Waals surface area contributed by atoms with Gasteiger partial charge in [-0.3, -0.25) is 18.2 Å². The number of hydrogen-bond donors (Lipinski definition) is 9. The van der Waals surface area contributed by atoms with Crippen molar-refractivity contribution < 1.29 is 67.7 Å². The molecule has 44 heavy (non-hydrogen) atoms. The Labute approximate surface area is 245 Å². The third kappa shape index (κ3) is 7.88. The molecule has 10 N–H and O–H groups in total. The lowest BCUT2D eigenvalue weighted by Crippen LogP contribution is -2.36. The van der Waals surface area contributed by atoms with Gasteiger partial charge in [-0.15, -0.1) is 0 Å². The number of hydrogen-bond acceptors (Lipinski definition) is 16. The zero-order valence-electron chi connectivity index (χ0n) is 22.4. The SMILES string of the molecule is Cc1cn([C@@H]2O[C@H](COP(=O)(O)O)[C@@H](O)[C@H]2O)c(=O)nc1N.O=P(O)(O)OC[C@H]1O[C@@H](n2cnc3cncnc32)[C@H](O)[C@@H]1O. The zero-order valence-corrected chi connectivity index (χ0v) is 24.2. The number of ether oxygens (including phenoxy) is 2. The number of anilines is 1. The second kappa shape index (κ2) is 13.3. The normalized spacial score (nSPS) is 29.1. The fraction of sp³-hybridized carbons (Fsp3) is 0.550. The Morgan fingerprint density at radius 2 is 1.41 bits per heavy atom. The van der Waals surface area contributed by atoms with Crippen LogP contribution in [0.2, 0.25) is 0 Å². The van der Waals surface area contributed by atoms with Gasteiger partial charge in [0.15, 0.2) is 18.1 Å². The molecule has 0 bridgehead atoms. The molecule has 2 aliphatic rings. The first-order chi connectivity index (χ1) is 20.5. The fourth-order valence-corrected chi connectivity index (χ4v) is 4.95. The minimum Gasteiger partial charge on any atom is -0.387 e. The highest BCUT2D eigenvalue weighted by Gasteiger charge is 2.46. The average molecular weight is 669 g/mol. The summed E-state index contributed by atoms with van der Waals surface area (Å²) in [6.07, 6.45) is -4.90. The van der Waals surface area contributed by atoms with E-state index in [-0.39, 0.29) is 5.82 Å². The molecule has 0 aromatic carbocycles. The molecule has 8 atom stereocenters. The summed E-state index contributed by atoms with van der Waals surface area (Å²) in [5.41, 5.74) is 6.02. The average Bonchev–Trinajstić information content (AvgIpc) is 3.58. The van der Waals surface area contributed by atoms with E-state index in [1.807, 2.05) is 0 Å². The lowest BCUT2D eigenvalue weighted by atomic mass is 10.1. The molecule has 3 aromatic rings. The molecule has 2 fully saturated rings. The molecule has 5 heterocycles. The summed E-state index contributed by atoms with van der Waals surface area (Å²) < 4.78 is 42.9. The van der Waals surface area contributed by atoms with Gasteiger partial charge in [-0.05, 0) is 6.92 Å². The summed E-state index contributed by atoms with van der Waals surface area (Å²) in [7, 11) is -9.45. The van der Waals surface area contributed by atoms with E-state index in [9.17, 15) is 34.4 Å². The number of rotatable bonds is 8. The molecule has 0 aliphatic carbocycles. The highest BCUT2D eigenvalue weighted by Crippen LogP contribution is 2.39. The smallest absolute Gasteiger partial charge is 0.387 e. The molecule has 244 valence electrons. The first-order valence-corrected chi connectivity index (χ1v) is 15.4. The second-order valence-electron chi connectivity index (χ2n) is 9.55. The van der Waals surface area contributed by atoms with E-state index in [2.05, 4.69) is 29.0 Å². The largest absolute Gasteiger partial charge is 0.469 e. The predicted molar refractivity (Wildman–Crippen MR) is 141 cm³/mol. The van der Waals surface area contributed by atoms with Crippen LogP contribution in [0.25, 0.3) is 11.2 Å². The van der Waals surface area contributed by atoms with Gasteiger partial charge in [-0.2, -0.15) is 4.98 Å². The summed E-state index contributed by atoms with van der Waals surface area (Å²) in [4.78, 5) is 61.8. The molecule has 5 rings (SSSR count). The van der Waals surface area contributed by atoms with Crippen LogP contribution < -0.4 is 11.4 Å². The van der Waals surface area contributed by atoms with Crippen LogP contribution in [-0.4, -0.2) is 119 Å². The van der Waals surface area contributed by atoms with Crippen LogP contribution in [0.3, 0.4) is 0 Å². The van der Waals surface area contributed by atoms with Crippen molar-refractivity contribution in [2.75, 3.05) is 18.9 Å². The lowest BCUT2D eigenvalue weighted by molar-refractivity contribution is -0.0542. The van der Waals surface area contributed by atoms with E-state index in [1.165, 1.54) is 29.6 Å². The highest BCUT2D eigenvalue weighted by atomic mass is 31.2. The van der Waals surface area contributed by atoms with Gasteiger partial charge in [-0.1, -0.05) is 0 Å². The first kappa shape index (κ1) is 34.1. The van der Waals surface area contributed by atoms with Gasteiger partial charge in [0.25, 0.3) is 0 Å². The van der Waals surface area contributed by atoms with Gasteiger partial charge >= 0.3 is 21.3 Å². The molecular weight excluding hydrogens is 640 g/mol. The lowest BCUT2D eigenvalue weighted by Gasteiger charge is -2.18. The van der Waals surface area contributed by atoms with Crippen LogP contribution in [0.15, 0.2) is 29.8 Å².